The van der Waals surface area contributed by atoms with Gasteiger partial charge in [-0.3, -0.25) is 19.6 Å². The molecule has 0 unspecified atom stereocenters. The van der Waals surface area contributed by atoms with Gasteiger partial charge in [-0.25, -0.2) is 8.78 Å². The molecular formula is C19H14F2N4O2. The molecule has 8 heteroatoms. The molecule has 0 spiro atoms. The zero-order chi connectivity index (χ0) is 19.2. The number of benzene rings is 1. The van der Waals surface area contributed by atoms with E-state index in [1.165, 1.54) is 24.4 Å². The molecule has 0 atom stereocenters. The number of para-hydroxylation sites is 1. The van der Waals surface area contributed by atoms with Crippen LogP contribution in [-0.2, 0) is 6.54 Å². The highest BCUT2D eigenvalue weighted by atomic mass is 19.1. The van der Waals surface area contributed by atoms with E-state index in [2.05, 4.69) is 20.6 Å². The fourth-order valence-corrected chi connectivity index (χ4v) is 2.27. The summed E-state index contributed by atoms with van der Waals surface area (Å²) in [5, 5.41) is 4.83. The van der Waals surface area contributed by atoms with Crippen molar-refractivity contribution in [1.29, 1.82) is 0 Å². The van der Waals surface area contributed by atoms with Crippen molar-refractivity contribution in [1.82, 2.24) is 15.3 Å². The molecule has 6 nitrogen and oxygen atoms in total. The number of hydrogen-bond donors (Lipinski definition) is 2. The largest absolute Gasteiger partial charge is 0.347 e. The number of aromatic nitrogens is 2. The Balaban J connectivity index is 1.71. The second kappa shape index (κ2) is 8.13. The highest BCUT2D eigenvalue weighted by molar-refractivity contribution is 6.05. The number of pyridine rings is 2. The van der Waals surface area contributed by atoms with Gasteiger partial charge in [-0.2, -0.15) is 0 Å². The maximum atomic E-state index is 13.7. The van der Waals surface area contributed by atoms with Gasteiger partial charge >= 0.3 is 0 Å². The van der Waals surface area contributed by atoms with E-state index in [1.54, 1.807) is 24.5 Å². The second-order valence-corrected chi connectivity index (χ2v) is 5.52. The quantitative estimate of drug-likeness (QED) is 0.725. The summed E-state index contributed by atoms with van der Waals surface area (Å²) in [6, 6.07) is 9.34. The molecule has 3 rings (SSSR count). The number of nitrogens with zero attached hydrogens (tertiary/aromatic N) is 2. The molecule has 0 saturated carbocycles. The lowest BCUT2D eigenvalue weighted by molar-refractivity contribution is 0.0946. The van der Waals surface area contributed by atoms with E-state index >= 15 is 0 Å². The molecule has 0 aliphatic rings. The minimum Gasteiger partial charge on any atom is -0.347 e. The Bertz CT molecular complexity index is 960. The number of halogens is 2. The smallest absolute Gasteiger partial charge is 0.270 e. The van der Waals surface area contributed by atoms with Crippen molar-refractivity contribution in [3.05, 3.63) is 89.5 Å². The summed E-state index contributed by atoms with van der Waals surface area (Å²) in [7, 11) is 0. The van der Waals surface area contributed by atoms with Gasteiger partial charge in [0.1, 0.15) is 23.0 Å². The van der Waals surface area contributed by atoms with Crippen LogP contribution >= 0.6 is 0 Å². The Morgan fingerprint density at radius 1 is 0.926 bits per heavy atom. The Labute approximate surface area is 153 Å². The molecule has 2 aromatic heterocycles. The highest BCUT2D eigenvalue weighted by Gasteiger charge is 2.15. The van der Waals surface area contributed by atoms with E-state index in [4.69, 9.17) is 0 Å². The van der Waals surface area contributed by atoms with E-state index in [9.17, 15) is 18.4 Å². The number of rotatable bonds is 5. The molecule has 2 amide bonds. The molecule has 0 aliphatic carbocycles. The fourth-order valence-electron chi connectivity index (χ4n) is 2.27. The van der Waals surface area contributed by atoms with Crippen LogP contribution in [0.4, 0.5) is 14.5 Å². The first kappa shape index (κ1) is 18.1. The first-order chi connectivity index (χ1) is 13.0. The summed E-state index contributed by atoms with van der Waals surface area (Å²) in [5.74, 6) is -3.04. The number of hydrogen-bond acceptors (Lipinski definition) is 4. The topological polar surface area (TPSA) is 84.0 Å². The first-order valence-electron chi connectivity index (χ1n) is 7.93. The number of carbonyl (C=O) groups is 2. The van der Waals surface area contributed by atoms with Crippen LogP contribution in [0.5, 0.6) is 0 Å². The molecule has 2 N–H and O–H groups in total. The molecular weight excluding hydrogens is 354 g/mol. The average molecular weight is 368 g/mol. The normalized spacial score (nSPS) is 10.3. The minimum absolute atomic E-state index is 0.00529. The third-order valence-electron chi connectivity index (χ3n) is 3.66. The summed E-state index contributed by atoms with van der Waals surface area (Å²) in [6.07, 6.45) is 4.48. The van der Waals surface area contributed by atoms with Crippen molar-refractivity contribution < 1.29 is 18.4 Å². The van der Waals surface area contributed by atoms with Crippen molar-refractivity contribution in [3.63, 3.8) is 0 Å². The van der Waals surface area contributed by atoms with E-state index < -0.39 is 29.1 Å². The third-order valence-corrected chi connectivity index (χ3v) is 3.66. The third kappa shape index (κ3) is 4.49. The molecule has 0 fully saturated rings. The second-order valence-electron chi connectivity index (χ2n) is 5.52. The lowest BCUT2D eigenvalue weighted by Crippen LogP contribution is -2.24. The molecule has 0 aliphatic heterocycles. The zero-order valence-electron chi connectivity index (χ0n) is 13.9. The summed E-state index contributed by atoms with van der Waals surface area (Å²) >= 11 is 0. The van der Waals surface area contributed by atoms with Crippen molar-refractivity contribution in [2.45, 2.75) is 6.54 Å². The maximum Gasteiger partial charge on any atom is 0.270 e. The number of amides is 2. The van der Waals surface area contributed by atoms with Crippen molar-refractivity contribution in [3.8, 4) is 0 Å². The Morgan fingerprint density at radius 3 is 2.33 bits per heavy atom. The highest BCUT2D eigenvalue weighted by Crippen LogP contribution is 2.19. The monoisotopic (exact) mass is 368 g/mol. The van der Waals surface area contributed by atoms with Crippen LogP contribution in [0.1, 0.15) is 26.4 Å². The Kier molecular flexibility index (Phi) is 5.46. The Hall–Kier alpha value is -3.68. The first-order valence-corrected chi connectivity index (χ1v) is 7.93. The van der Waals surface area contributed by atoms with E-state index in [-0.39, 0.29) is 17.8 Å². The van der Waals surface area contributed by atoms with Gasteiger partial charge in [-0.05, 0) is 42.0 Å². The standard InChI is InChI=1S/C19H14F2N4O2/c20-14-2-1-3-15(21)17(14)25-18(26)13-6-9-23-16(10-13)19(27)24-11-12-4-7-22-8-5-12/h1-10H,11H2,(H,24,27)(H,25,26). The lowest BCUT2D eigenvalue weighted by atomic mass is 10.2. The van der Waals surface area contributed by atoms with E-state index in [1.807, 2.05) is 0 Å². The van der Waals surface area contributed by atoms with Crippen LogP contribution in [0.2, 0.25) is 0 Å². The van der Waals surface area contributed by atoms with Crippen LogP contribution in [0.15, 0.2) is 61.1 Å². The van der Waals surface area contributed by atoms with Gasteiger partial charge in [0.2, 0.25) is 0 Å². The number of carbonyl (C=O) groups excluding carboxylic acids is 2. The summed E-state index contributed by atoms with van der Waals surface area (Å²) in [4.78, 5) is 32.3. The maximum absolute atomic E-state index is 13.7. The van der Waals surface area contributed by atoms with Gasteiger partial charge in [0.25, 0.3) is 11.8 Å². The van der Waals surface area contributed by atoms with Crippen molar-refractivity contribution in [2.75, 3.05) is 5.32 Å². The SMILES string of the molecule is O=C(Nc1c(F)cccc1F)c1ccnc(C(=O)NCc2ccncc2)c1. The van der Waals surface area contributed by atoms with Gasteiger partial charge in [0, 0.05) is 30.7 Å². The number of anilines is 1. The van der Waals surface area contributed by atoms with Crippen molar-refractivity contribution >= 4 is 17.5 Å². The van der Waals surface area contributed by atoms with Crippen LogP contribution in [-0.4, -0.2) is 21.8 Å². The van der Waals surface area contributed by atoms with Gasteiger partial charge < -0.3 is 10.6 Å². The minimum atomic E-state index is -0.896. The molecule has 1 aromatic carbocycles. The van der Waals surface area contributed by atoms with Gasteiger partial charge in [-0.1, -0.05) is 6.07 Å². The number of nitrogens with one attached hydrogen (secondary N) is 2. The summed E-state index contributed by atoms with van der Waals surface area (Å²) in [6.45, 7) is 0.264. The van der Waals surface area contributed by atoms with Crippen molar-refractivity contribution in [2.24, 2.45) is 0 Å². The van der Waals surface area contributed by atoms with Crippen LogP contribution in [0.25, 0.3) is 0 Å². The molecule has 2 heterocycles. The summed E-state index contributed by atoms with van der Waals surface area (Å²) < 4.78 is 27.3. The van der Waals surface area contributed by atoms with E-state index in [0.717, 1.165) is 17.7 Å². The van der Waals surface area contributed by atoms with Crippen LogP contribution in [0, 0.1) is 11.6 Å². The van der Waals surface area contributed by atoms with Crippen LogP contribution < -0.4 is 10.6 Å². The lowest BCUT2D eigenvalue weighted by Gasteiger charge is -2.09. The average Bonchev–Trinajstić information content (AvgIpc) is 2.70. The summed E-state index contributed by atoms with van der Waals surface area (Å²) in [5.41, 5.74) is 0.345. The van der Waals surface area contributed by atoms with Crippen LogP contribution in [0.3, 0.4) is 0 Å². The zero-order valence-corrected chi connectivity index (χ0v) is 13.9. The van der Waals surface area contributed by atoms with Gasteiger partial charge in [-0.15, -0.1) is 0 Å². The molecule has 0 bridgehead atoms. The van der Waals surface area contributed by atoms with Gasteiger partial charge in [0.05, 0.1) is 0 Å². The van der Waals surface area contributed by atoms with Gasteiger partial charge in [0.15, 0.2) is 0 Å². The fraction of sp³-hybridized carbons (Fsp3) is 0.0526. The molecule has 0 radical (unpaired) electrons. The molecule has 136 valence electrons. The predicted octanol–water partition coefficient (Wildman–Crippen LogP) is 2.94. The predicted molar refractivity (Wildman–Crippen MR) is 94.0 cm³/mol. The molecule has 0 saturated heterocycles. The molecule has 27 heavy (non-hydrogen) atoms. The van der Waals surface area contributed by atoms with E-state index in [0.29, 0.717) is 0 Å². The molecule has 3 aromatic rings. The Morgan fingerprint density at radius 2 is 1.63 bits per heavy atom.